The van der Waals surface area contributed by atoms with Crippen LogP contribution in [0.4, 0.5) is 10.1 Å². The summed E-state index contributed by atoms with van der Waals surface area (Å²) in [5.74, 6) is 2.20. The van der Waals surface area contributed by atoms with Crippen LogP contribution in [0.3, 0.4) is 0 Å². The molecule has 0 bridgehead atoms. The zero-order valence-corrected chi connectivity index (χ0v) is 21.7. The summed E-state index contributed by atoms with van der Waals surface area (Å²) in [6, 6.07) is 19.4. The van der Waals surface area contributed by atoms with Gasteiger partial charge in [-0.1, -0.05) is 51.1 Å². The van der Waals surface area contributed by atoms with Crippen LogP contribution in [0.2, 0.25) is 0 Å². The maximum Gasteiger partial charge on any atom is 0.154 e. The number of hydrogen-bond donors (Lipinski definition) is 1. The highest BCUT2D eigenvalue weighted by Crippen LogP contribution is 2.54. The molecule has 1 aliphatic heterocycles. The molecule has 2 aromatic carbocycles. The molecule has 0 amide bonds. The fourth-order valence-corrected chi connectivity index (χ4v) is 5.91. The summed E-state index contributed by atoms with van der Waals surface area (Å²) in [4.78, 5) is 10.5. The molecule has 0 radical (unpaired) electrons. The van der Waals surface area contributed by atoms with Crippen LogP contribution in [0.1, 0.15) is 57.2 Å². The topological polar surface area (TPSA) is 37.4 Å². The summed E-state index contributed by atoms with van der Waals surface area (Å²) in [7, 11) is 0. The van der Waals surface area contributed by atoms with Crippen molar-refractivity contribution in [3.8, 4) is 5.75 Å². The third-order valence-corrected chi connectivity index (χ3v) is 7.68. The number of aromatic nitrogens is 1. The Morgan fingerprint density at radius 1 is 1.06 bits per heavy atom. The van der Waals surface area contributed by atoms with Crippen LogP contribution < -0.4 is 10.3 Å². The summed E-state index contributed by atoms with van der Waals surface area (Å²) < 4.78 is 13.7. The SMILES string of the molecule is Br.CC(C)C1CCC(C)(c2ccc(F)cc2)CC1C1c2ccccc2ON1Nc1ccncc1. The van der Waals surface area contributed by atoms with E-state index in [0.29, 0.717) is 17.8 Å². The number of pyridine rings is 1. The van der Waals surface area contributed by atoms with E-state index in [1.807, 2.05) is 41.6 Å². The lowest BCUT2D eigenvalue weighted by Crippen LogP contribution is -2.45. The summed E-state index contributed by atoms with van der Waals surface area (Å²) in [6.45, 7) is 7.01. The number of benzene rings is 2. The summed E-state index contributed by atoms with van der Waals surface area (Å²) in [5, 5.41) is 1.94. The molecule has 4 nitrogen and oxygen atoms in total. The fraction of sp³-hybridized carbons (Fsp3) is 0.393. The van der Waals surface area contributed by atoms with E-state index in [-0.39, 0.29) is 34.3 Å². The van der Waals surface area contributed by atoms with E-state index in [2.05, 4.69) is 43.3 Å². The van der Waals surface area contributed by atoms with E-state index in [9.17, 15) is 4.39 Å². The van der Waals surface area contributed by atoms with Gasteiger partial charge >= 0.3 is 0 Å². The van der Waals surface area contributed by atoms with Crippen molar-refractivity contribution in [3.63, 3.8) is 0 Å². The highest BCUT2D eigenvalue weighted by Gasteiger charge is 2.48. The molecular formula is C28H33BrFN3O. The second kappa shape index (κ2) is 10.0. The minimum atomic E-state index is -0.180. The maximum absolute atomic E-state index is 13.7. The Hall–Kier alpha value is -2.44. The van der Waals surface area contributed by atoms with Crippen LogP contribution in [0, 0.1) is 23.6 Å². The van der Waals surface area contributed by atoms with Gasteiger partial charge in [-0.15, -0.1) is 17.0 Å². The predicted octanol–water partition coefficient (Wildman–Crippen LogP) is 7.51. The molecule has 1 aliphatic carbocycles. The van der Waals surface area contributed by atoms with Gasteiger partial charge in [-0.3, -0.25) is 10.4 Å². The average molecular weight is 526 g/mol. The van der Waals surface area contributed by atoms with Crippen molar-refractivity contribution in [2.24, 2.45) is 17.8 Å². The van der Waals surface area contributed by atoms with Gasteiger partial charge in [-0.2, -0.15) is 0 Å². The van der Waals surface area contributed by atoms with Crippen molar-refractivity contribution in [2.75, 3.05) is 5.43 Å². The van der Waals surface area contributed by atoms with E-state index in [1.54, 1.807) is 24.5 Å². The zero-order chi connectivity index (χ0) is 23.0. The van der Waals surface area contributed by atoms with Gasteiger partial charge in [0, 0.05) is 18.0 Å². The lowest BCUT2D eigenvalue weighted by Gasteiger charge is -2.47. The van der Waals surface area contributed by atoms with Crippen molar-refractivity contribution in [3.05, 3.63) is 90.0 Å². The molecule has 180 valence electrons. The zero-order valence-electron chi connectivity index (χ0n) is 19.9. The molecule has 1 aromatic heterocycles. The molecule has 1 N–H and O–H groups in total. The van der Waals surface area contributed by atoms with Crippen molar-refractivity contribution in [1.29, 1.82) is 0 Å². The maximum atomic E-state index is 13.7. The highest BCUT2D eigenvalue weighted by atomic mass is 79.9. The van der Waals surface area contributed by atoms with Gasteiger partial charge in [0.05, 0.1) is 11.7 Å². The smallest absolute Gasteiger partial charge is 0.154 e. The Balaban J connectivity index is 0.00000274. The Bertz CT molecular complexity index is 1090. The molecule has 2 aliphatic rings. The van der Waals surface area contributed by atoms with Crippen LogP contribution in [0.5, 0.6) is 5.75 Å². The summed E-state index contributed by atoms with van der Waals surface area (Å²) in [6.07, 6.45) is 6.81. The molecular weight excluding hydrogens is 493 g/mol. The Morgan fingerprint density at radius 2 is 1.76 bits per heavy atom. The van der Waals surface area contributed by atoms with Crippen LogP contribution in [-0.4, -0.2) is 10.2 Å². The highest BCUT2D eigenvalue weighted by molar-refractivity contribution is 8.93. The quantitative estimate of drug-likeness (QED) is 0.374. The average Bonchev–Trinajstić information content (AvgIpc) is 3.17. The number of anilines is 1. The van der Waals surface area contributed by atoms with Gasteiger partial charge in [0.15, 0.2) is 5.75 Å². The van der Waals surface area contributed by atoms with Gasteiger partial charge in [0.2, 0.25) is 0 Å². The van der Waals surface area contributed by atoms with Gasteiger partial charge in [0.1, 0.15) is 5.82 Å². The number of fused-ring (bicyclic) bond motifs is 1. The monoisotopic (exact) mass is 525 g/mol. The standard InChI is InChI=1S/C28H32FN3O.BrH/c1-19(2)23-12-15-28(3,20-8-10-21(29)11-9-20)18-25(23)27-24-6-4-5-7-26(24)33-32(27)31-22-13-16-30-17-14-22;/h4-11,13-14,16-17,19,23,25,27H,12,15,18H2,1-3H3,(H,30,31);1H. The van der Waals surface area contributed by atoms with Crippen molar-refractivity contribution < 1.29 is 9.23 Å². The van der Waals surface area contributed by atoms with Crippen molar-refractivity contribution in [1.82, 2.24) is 10.2 Å². The number of halogens is 2. The number of nitrogens with zero attached hydrogens (tertiary/aromatic N) is 2. The van der Waals surface area contributed by atoms with Crippen molar-refractivity contribution >= 4 is 22.7 Å². The van der Waals surface area contributed by atoms with Gasteiger partial charge in [-0.25, -0.2) is 4.39 Å². The second-order valence-corrected chi connectivity index (χ2v) is 10.1. The number of rotatable bonds is 5. The molecule has 6 heteroatoms. The van der Waals surface area contributed by atoms with E-state index in [4.69, 9.17) is 4.84 Å². The van der Waals surface area contributed by atoms with Gasteiger partial charge < -0.3 is 4.84 Å². The molecule has 1 saturated carbocycles. The Morgan fingerprint density at radius 3 is 2.47 bits per heavy atom. The third-order valence-electron chi connectivity index (χ3n) is 7.68. The van der Waals surface area contributed by atoms with E-state index in [1.165, 1.54) is 11.1 Å². The summed E-state index contributed by atoms with van der Waals surface area (Å²) in [5.41, 5.74) is 6.87. The number of hydrogen-bond acceptors (Lipinski definition) is 4. The Kier molecular flexibility index (Phi) is 7.29. The van der Waals surface area contributed by atoms with Gasteiger partial charge in [-0.05, 0) is 83.5 Å². The normalized spacial score (nSPS) is 26.4. The molecule has 4 unspecified atom stereocenters. The van der Waals surface area contributed by atoms with Crippen LogP contribution in [0.25, 0.3) is 0 Å². The van der Waals surface area contributed by atoms with Crippen LogP contribution in [0.15, 0.2) is 73.1 Å². The Labute approximate surface area is 212 Å². The first-order chi connectivity index (χ1) is 15.9. The molecule has 34 heavy (non-hydrogen) atoms. The van der Waals surface area contributed by atoms with Crippen LogP contribution >= 0.6 is 17.0 Å². The molecule has 5 rings (SSSR count). The first-order valence-electron chi connectivity index (χ1n) is 11.9. The van der Waals surface area contributed by atoms with Crippen LogP contribution in [-0.2, 0) is 5.41 Å². The minimum Gasteiger partial charge on any atom is -0.385 e. The van der Waals surface area contributed by atoms with Gasteiger partial charge in [0.25, 0.3) is 0 Å². The molecule has 1 fully saturated rings. The lowest BCUT2D eigenvalue weighted by atomic mass is 9.59. The van der Waals surface area contributed by atoms with E-state index < -0.39 is 0 Å². The third kappa shape index (κ3) is 4.71. The first kappa shape index (κ1) is 24.7. The number of para-hydroxylation sites is 1. The number of hydrazine groups is 1. The second-order valence-electron chi connectivity index (χ2n) is 10.1. The van der Waals surface area contributed by atoms with Crippen molar-refractivity contribution in [2.45, 2.75) is 51.5 Å². The van der Waals surface area contributed by atoms with E-state index in [0.717, 1.165) is 30.7 Å². The fourth-order valence-electron chi connectivity index (χ4n) is 5.91. The summed E-state index contributed by atoms with van der Waals surface area (Å²) >= 11 is 0. The molecule has 4 atom stereocenters. The molecule has 0 saturated heterocycles. The first-order valence-corrected chi connectivity index (χ1v) is 11.9. The predicted molar refractivity (Wildman–Crippen MR) is 139 cm³/mol. The lowest BCUT2D eigenvalue weighted by molar-refractivity contribution is -0.0872. The molecule has 3 aromatic rings. The molecule has 0 spiro atoms. The number of hydroxylamine groups is 1. The minimum absolute atomic E-state index is 0. The molecule has 2 heterocycles. The van der Waals surface area contributed by atoms with E-state index >= 15 is 0 Å². The number of nitrogens with one attached hydrogen (secondary N) is 1. The largest absolute Gasteiger partial charge is 0.385 e.